The van der Waals surface area contributed by atoms with Crippen LogP contribution in [0.3, 0.4) is 0 Å². The first kappa shape index (κ1) is 13.6. The Morgan fingerprint density at radius 3 is 2.56 bits per heavy atom. The summed E-state index contributed by atoms with van der Waals surface area (Å²) >= 11 is 2.95. The summed E-state index contributed by atoms with van der Waals surface area (Å²) in [6.07, 6.45) is 0. The Balaban J connectivity index is 2.38. The number of hydrogen-bond donors (Lipinski definition) is 1. The van der Waals surface area contributed by atoms with E-state index in [0.717, 1.165) is 0 Å². The Bertz CT molecular complexity index is 356. The fourth-order valence-electron chi connectivity index (χ4n) is 0.985. The lowest BCUT2D eigenvalue weighted by atomic mass is 10.3. The Morgan fingerprint density at radius 2 is 2.00 bits per heavy atom. The maximum Gasteiger partial charge on any atom is 0.441 e. The van der Waals surface area contributed by atoms with Gasteiger partial charge >= 0.3 is 5.51 Å². The second-order valence-corrected chi connectivity index (χ2v) is 4.92. The molecule has 0 aliphatic rings. The fourth-order valence-corrected chi connectivity index (χ4v) is 1.75. The van der Waals surface area contributed by atoms with Gasteiger partial charge in [-0.05, 0) is 30.0 Å². The molecule has 0 aliphatic carbocycles. The van der Waals surface area contributed by atoms with Gasteiger partial charge in [0, 0.05) is 16.8 Å². The molecule has 0 spiro atoms. The molecule has 1 aromatic rings. The van der Waals surface area contributed by atoms with Crippen molar-refractivity contribution >= 4 is 33.4 Å². The molecule has 0 radical (unpaired) electrons. The van der Waals surface area contributed by atoms with Gasteiger partial charge in [-0.15, -0.1) is 0 Å². The van der Waals surface area contributed by atoms with Crippen LogP contribution in [0.1, 0.15) is 0 Å². The minimum absolute atomic E-state index is 0.0583. The first-order chi connectivity index (χ1) is 7.38. The van der Waals surface area contributed by atoms with Crippen molar-refractivity contribution < 1.29 is 17.6 Å². The summed E-state index contributed by atoms with van der Waals surface area (Å²) in [5.41, 5.74) is -4.04. The minimum atomic E-state index is -4.24. The van der Waals surface area contributed by atoms with Gasteiger partial charge in [-0.2, -0.15) is 13.2 Å². The topological polar surface area (TPSA) is 12.0 Å². The second-order valence-electron chi connectivity index (χ2n) is 2.85. The molecule has 0 fully saturated rings. The summed E-state index contributed by atoms with van der Waals surface area (Å²) < 4.78 is 49.1. The van der Waals surface area contributed by atoms with Gasteiger partial charge in [-0.3, -0.25) is 0 Å². The van der Waals surface area contributed by atoms with Crippen LogP contribution in [-0.2, 0) is 0 Å². The molecule has 0 unspecified atom stereocenters. The van der Waals surface area contributed by atoms with E-state index in [-0.39, 0.29) is 29.7 Å². The van der Waals surface area contributed by atoms with Crippen molar-refractivity contribution in [1.29, 1.82) is 0 Å². The highest BCUT2D eigenvalue weighted by Gasteiger charge is 2.27. The SMILES string of the molecule is Fc1cc(Br)ccc1NCCSC(F)(F)F. The highest BCUT2D eigenvalue weighted by Crippen LogP contribution is 2.29. The summed E-state index contributed by atoms with van der Waals surface area (Å²) in [7, 11) is 0. The van der Waals surface area contributed by atoms with Crippen molar-refractivity contribution in [3.05, 3.63) is 28.5 Å². The predicted octanol–water partition coefficient (Wildman–Crippen LogP) is 4.25. The number of nitrogens with one attached hydrogen (secondary N) is 1. The van der Waals surface area contributed by atoms with Gasteiger partial charge in [0.05, 0.1) is 5.69 Å². The average molecular weight is 318 g/mol. The number of anilines is 1. The highest BCUT2D eigenvalue weighted by molar-refractivity contribution is 9.10. The third-order valence-electron chi connectivity index (χ3n) is 1.61. The van der Waals surface area contributed by atoms with Gasteiger partial charge in [-0.1, -0.05) is 15.9 Å². The molecule has 1 aromatic carbocycles. The van der Waals surface area contributed by atoms with E-state index in [1.54, 1.807) is 6.07 Å². The maximum atomic E-state index is 13.2. The Hall–Kier alpha value is -0.430. The molecule has 1 nitrogen and oxygen atoms in total. The summed E-state index contributed by atoms with van der Waals surface area (Å²) in [4.78, 5) is 0. The van der Waals surface area contributed by atoms with Gasteiger partial charge in [0.2, 0.25) is 0 Å². The van der Waals surface area contributed by atoms with Crippen LogP contribution in [0.4, 0.5) is 23.2 Å². The van der Waals surface area contributed by atoms with Crippen LogP contribution in [0.15, 0.2) is 22.7 Å². The van der Waals surface area contributed by atoms with Crippen LogP contribution in [0.25, 0.3) is 0 Å². The number of benzene rings is 1. The number of hydrogen-bond acceptors (Lipinski definition) is 2. The third-order valence-corrected chi connectivity index (χ3v) is 2.84. The van der Waals surface area contributed by atoms with Crippen molar-refractivity contribution in [1.82, 2.24) is 0 Å². The van der Waals surface area contributed by atoms with Gasteiger partial charge in [0.15, 0.2) is 0 Å². The Labute approximate surface area is 103 Å². The van der Waals surface area contributed by atoms with Crippen LogP contribution in [-0.4, -0.2) is 17.8 Å². The minimum Gasteiger partial charge on any atom is -0.382 e. The summed E-state index contributed by atoms with van der Waals surface area (Å²) in [5.74, 6) is -0.648. The van der Waals surface area contributed by atoms with E-state index in [0.29, 0.717) is 4.47 Å². The molecule has 1 N–H and O–H groups in total. The van der Waals surface area contributed by atoms with Gasteiger partial charge in [0.25, 0.3) is 0 Å². The van der Waals surface area contributed by atoms with E-state index in [9.17, 15) is 17.6 Å². The lowest BCUT2D eigenvalue weighted by Crippen LogP contribution is -2.10. The summed E-state index contributed by atoms with van der Waals surface area (Å²) in [5, 5.41) is 2.60. The van der Waals surface area contributed by atoms with Crippen LogP contribution in [0.2, 0.25) is 0 Å². The van der Waals surface area contributed by atoms with Crippen molar-refractivity contribution in [2.75, 3.05) is 17.6 Å². The quantitative estimate of drug-likeness (QED) is 0.658. The molecule has 1 rings (SSSR count). The second kappa shape index (κ2) is 5.77. The van der Waals surface area contributed by atoms with E-state index in [4.69, 9.17) is 0 Å². The van der Waals surface area contributed by atoms with E-state index in [1.165, 1.54) is 12.1 Å². The fraction of sp³-hybridized carbons (Fsp3) is 0.333. The van der Waals surface area contributed by atoms with Crippen LogP contribution >= 0.6 is 27.7 Å². The smallest absolute Gasteiger partial charge is 0.382 e. The lowest BCUT2D eigenvalue weighted by molar-refractivity contribution is -0.0327. The first-order valence-electron chi connectivity index (χ1n) is 4.28. The van der Waals surface area contributed by atoms with Gasteiger partial charge < -0.3 is 5.32 Å². The van der Waals surface area contributed by atoms with Crippen LogP contribution in [0.5, 0.6) is 0 Å². The molecular weight excluding hydrogens is 310 g/mol. The predicted molar refractivity (Wildman–Crippen MR) is 61.1 cm³/mol. The zero-order valence-corrected chi connectivity index (χ0v) is 10.3. The van der Waals surface area contributed by atoms with Crippen molar-refractivity contribution in [3.8, 4) is 0 Å². The molecule has 0 amide bonds. The van der Waals surface area contributed by atoms with Gasteiger partial charge in [-0.25, -0.2) is 4.39 Å². The summed E-state index contributed by atoms with van der Waals surface area (Å²) in [6.45, 7) is 0.0583. The normalized spacial score (nSPS) is 11.6. The molecule has 0 bridgehead atoms. The van der Waals surface area contributed by atoms with Crippen molar-refractivity contribution in [2.45, 2.75) is 5.51 Å². The summed E-state index contributed by atoms with van der Waals surface area (Å²) in [6, 6.07) is 4.33. The largest absolute Gasteiger partial charge is 0.441 e. The molecule has 0 aromatic heterocycles. The molecule has 7 heteroatoms. The highest BCUT2D eigenvalue weighted by atomic mass is 79.9. The van der Waals surface area contributed by atoms with E-state index < -0.39 is 11.3 Å². The molecule has 0 atom stereocenters. The first-order valence-corrected chi connectivity index (χ1v) is 6.06. The standard InChI is InChI=1S/C9H8BrF4NS/c10-6-1-2-8(7(11)5-6)15-3-4-16-9(12,13)14/h1-2,5,15H,3-4H2. The van der Waals surface area contributed by atoms with Crippen molar-refractivity contribution in [3.63, 3.8) is 0 Å². The monoisotopic (exact) mass is 317 g/mol. The molecule has 16 heavy (non-hydrogen) atoms. The Morgan fingerprint density at radius 1 is 1.31 bits per heavy atom. The molecule has 0 aliphatic heterocycles. The van der Waals surface area contributed by atoms with E-state index in [1.807, 2.05) is 0 Å². The number of alkyl halides is 3. The van der Waals surface area contributed by atoms with E-state index in [2.05, 4.69) is 21.2 Å². The zero-order valence-electron chi connectivity index (χ0n) is 7.94. The molecule has 90 valence electrons. The zero-order chi connectivity index (χ0) is 12.2. The molecule has 0 saturated carbocycles. The maximum absolute atomic E-state index is 13.2. The number of rotatable bonds is 4. The number of thioether (sulfide) groups is 1. The van der Waals surface area contributed by atoms with Crippen molar-refractivity contribution in [2.24, 2.45) is 0 Å². The van der Waals surface area contributed by atoms with Crippen LogP contribution < -0.4 is 5.32 Å². The van der Waals surface area contributed by atoms with Crippen LogP contribution in [0, 0.1) is 5.82 Å². The van der Waals surface area contributed by atoms with E-state index >= 15 is 0 Å². The lowest BCUT2D eigenvalue weighted by Gasteiger charge is -2.08. The molecular formula is C9H8BrF4NS. The third kappa shape index (κ3) is 5.07. The molecule has 0 heterocycles. The Kier molecular flexibility index (Phi) is 4.91. The van der Waals surface area contributed by atoms with Gasteiger partial charge in [0.1, 0.15) is 5.82 Å². The average Bonchev–Trinajstić information content (AvgIpc) is 2.13. The number of halogens is 5. The molecule has 0 saturated heterocycles.